The standard InChI is InChI=1S/C28H28ClN7O2/c1-15-7-26(35-13-19-9-23(19)28(35)38)31-12-24(15)16(2)36-14-25(33-34-36)27(37)32-21-6-4-17(8-21)22-10-20(29)5-3-18(22)11-30/h3,5,7,10,12,14,16-17,19,21,23H,4,6,8-9,13H2,1-2H3,(H,32,37)/t16?,17-,19+,21+,23+/m0/s1. The zero-order chi connectivity index (χ0) is 26.6. The van der Waals surface area contributed by atoms with E-state index < -0.39 is 0 Å². The molecule has 38 heavy (non-hydrogen) atoms. The zero-order valence-corrected chi connectivity index (χ0v) is 22.0. The van der Waals surface area contributed by atoms with E-state index in [0.29, 0.717) is 22.3 Å². The van der Waals surface area contributed by atoms with Gasteiger partial charge in [-0.2, -0.15) is 5.26 Å². The van der Waals surface area contributed by atoms with E-state index in [9.17, 15) is 14.9 Å². The van der Waals surface area contributed by atoms with Crippen LogP contribution in [0.2, 0.25) is 5.02 Å². The summed E-state index contributed by atoms with van der Waals surface area (Å²) < 4.78 is 1.66. The van der Waals surface area contributed by atoms with Crippen LogP contribution in [0.3, 0.4) is 0 Å². The van der Waals surface area contributed by atoms with Gasteiger partial charge < -0.3 is 5.32 Å². The summed E-state index contributed by atoms with van der Waals surface area (Å²) in [6.07, 6.45) is 6.88. The number of fused-ring (bicyclic) bond motifs is 1. The molecule has 2 aromatic heterocycles. The number of nitriles is 1. The fourth-order valence-electron chi connectivity index (χ4n) is 5.96. The summed E-state index contributed by atoms with van der Waals surface area (Å²) in [5.74, 6) is 1.47. The molecule has 194 valence electrons. The Labute approximate surface area is 225 Å². The number of aromatic nitrogens is 4. The van der Waals surface area contributed by atoms with Crippen molar-refractivity contribution in [2.24, 2.45) is 11.8 Å². The van der Waals surface area contributed by atoms with Crippen LogP contribution in [0.15, 0.2) is 36.7 Å². The van der Waals surface area contributed by atoms with Crippen molar-refractivity contribution in [2.75, 3.05) is 11.4 Å². The van der Waals surface area contributed by atoms with Gasteiger partial charge >= 0.3 is 0 Å². The molecule has 1 unspecified atom stereocenters. The molecule has 10 heteroatoms. The van der Waals surface area contributed by atoms with E-state index >= 15 is 0 Å². The van der Waals surface area contributed by atoms with Gasteiger partial charge in [-0.05, 0) is 92.3 Å². The zero-order valence-electron chi connectivity index (χ0n) is 21.3. The van der Waals surface area contributed by atoms with Gasteiger partial charge in [0.05, 0.1) is 23.9 Å². The topological polar surface area (TPSA) is 117 Å². The van der Waals surface area contributed by atoms with Crippen molar-refractivity contribution in [1.82, 2.24) is 25.3 Å². The molecular weight excluding hydrogens is 502 g/mol. The monoisotopic (exact) mass is 529 g/mol. The number of aryl methyl sites for hydroxylation is 1. The molecular formula is C28H28ClN7O2. The molecule has 3 heterocycles. The predicted molar refractivity (Wildman–Crippen MR) is 141 cm³/mol. The first-order chi connectivity index (χ1) is 18.3. The summed E-state index contributed by atoms with van der Waals surface area (Å²) in [5.41, 5.74) is 3.79. The Balaban J connectivity index is 1.10. The highest BCUT2D eigenvalue weighted by Gasteiger charge is 2.52. The average molecular weight is 530 g/mol. The average Bonchev–Trinajstić information content (AvgIpc) is 3.23. The molecule has 5 atom stereocenters. The summed E-state index contributed by atoms with van der Waals surface area (Å²) in [6, 6.07) is 9.33. The fraction of sp³-hybridized carbons (Fsp3) is 0.429. The Morgan fingerprint density at radius 3 is 2.84 bits per heavy atom. The lowest BCUT2D eigenvalue weighted by Crippen LogP contribution is -2.33. The van der Waals surface area contributed by atoms with Crippen molar-refractivity contribution in [3.8, 4) is 6.07 Å². The molecule has 0 radical (unpaired) electrons. The second kappa shape index (κ2) is 9.52. The van der Waals surface area contributed by atoms with Crippen LogP contribution in [-0.2, 0) is 4.79 Å². The minimum absolute atomic E-state index is 0.0149. The largest absolute Gasteiger partial charge is 0.348 e. The van der Waals surface area contributed by atoms with Crippen LogP contribution in [0.1, 0.15) is 77.3 Å². The lowest BCUT2D eigenvalue weighted by atomic mass is 9.93. The number of hydrogen-bond acceptors (Lipinski definition) is 6. The maximum absolute atomic E-state index is 13.0. The quantitative estimate of drug-likeness (QED) is 0.512. The van der Waals surface area contributed by atoms with Crippen molar-refractivity contribution in [3.63, 3.8) is 0 Å². The number of hydrogen-bond donors (Lipinski definition) is 1. The van der Waals surface area contributed by atoms with Crippen molar-refractivity contribution < 1.29 is 9.59 Å². The predicted octanol–water partition coefficient (Wildman–Crippen LogP) is 4.16. The highest BCUT2D eigenvalue weighted by atomic mass is 35.5. The Morgan fingerprint density at radius 2 is 2.11 bits per heavy atom. The van der Waals surface area contributed by atoms with Crippen molar-refractivity contribution in [3.05, 3.63) is 69.6 Å². The lowest BCUT2D eigenvalue weighted by molar-refractivity contribution is -0.118. The third-order valence-electron chi connectivity index (χ3n) is 8.27. The molecule has 1 N–H and O–H groups in total. The number of amides is 2. The van der Waals surface area contributed by atoms with E-state index in [2.05, 4.69) is 26.7 Å². The Morgan fingerprint density at radius 1 is 1.26 bits per heavy atom. The number of benzene rings is 1. The summed E-state index contributed by atoms with van der Waals surface area (Å²) in [6.45, 7) is 4.74. The molecule has 0 bridgehead atoms. The second-order valence-electron chi connectivity index (χ2n) is 10.7. The van der Waals surface area contributed by atoms with Gasteiger partial charge in [-0.3, -0.25) is 14.5 Å². The van der Waals surface area contributed by atoms with Crippen LogP contribution in [0.5, 0.6) is 0 Å². The minimum Gasteiger partial charge on any atom is -0.348 e. The Kier molecular flexibility index (Phi) is 6.15. The van der Waals surface area contributed by atoms with E-state index in [1.165, 1.54) is 0 Å². The number of piperidine rings is 1. The van der Waals surface area contributed by atoms with Crippen molar-refractivity contribution in [1.29, 1.82) is 5.26 Å². The van der Waals surface area contributed by atoms with E-state index in [1.54, 1.807) is 34.1 Å². The smallest absolute Gasteiger partial charge is 0.273 e. The van der Waals surface area contributed by atoms with Gasteiger partial charge in [0.25, 0.3) is 5.91 Å². The van der Waals surface area contributed by atoms with Crippen molar-refractivity contribution >= 4 is 29.2 Å². The number of rotatable bonds is 6. The van der Waals surface area contributed by atoms with Crippen LogP contribution in [0.4, 0.5) is 5.82 Å². The number of pyridine rings is 1. The molecule has 1 saturated heterocycles. The van der Waals surface area contributed by atoms with Crippen LogP contribution in [0.25, 0.3) is 0 Å². The lowest BCUT2D eigenvalue weighted by Gasteiger charge is -2.20. The van der Waals surface area contributed by atoms with Gasteiger partial charge in [-0.1, -0.05) is 16.8 Å². The molecule has 3 aliphatic rings. The molecule has 1 aliphatic heterocycles. The van der Waals surface area contributed by atoms with Gasteiger partial charge in [0, 0.05) is 29.7 Å². The highest BCUT2D eigenvalue weighted by molar-refractivity contribution is 6.30. The van der Waals surface area contributed by atoms with Gasteiger partial charge in [-0.15, -0.1) is 5.10 Å². The number of carbonyl (C=O) groups excluding carboxylic acids is 2. The number of halogens is 1. The maximum atomic E-state index is 13.0. The number of nitrogens with zero attached hydrogens (tertiary/aromatic N) is 6. The molecule has 0 spiro atoms. The molecule has 6 rings (SSSR count). The van der Waals surface area contributed by atoms with Crippen LogP contribution in [0, 0.1) is 30.1 Å². The minimum atomic E-state index is -0.267. The molecule has 9 nitrogen and oxygen atoms in total. The SMILES string of the molecule is Cc1cc(N2C[C@H]3C[C@H]3C2=O)ncc1C(C)n1cc(C(=O)N[C@@H]2CC[C@H](c3cc(Cl)ccc3C#N)C2)nn1. The molecule has 2 aliphatic carbocycles. The maximum Gasteiger partial charge on any atom is 0.273 e. The third-order valence-corrected chi connectivity index (χ3v) is 8.50. The molecule has 3 fully saturated rings. The van der Waals surface area contributed by atoms with E-state index in [1.807, 2.05) is 26.0 Å². The number of anilines is 1. The van der Waals surface area contributed by atoms with Crippen molar-refractivity contribution in [2.45, 2.75) is 57.5 Å². The summed E-state index contributed by atoms with van der Waals surface area (Å²) in [7, 11) is 0. The first kappa shape index (κ1) is 24.6. The van der Waals surface area contributed by atoms with Gasteiger partial charge in [-0.25, -0.2) is 9.67 Å². The third kappa shape index (κ3) is 4.43. The van der Waals surface area contributed by atoms with E-state index in [-0.39, 0.29) is 41.4 Å². The summed E-state index contributed by atoms with van der Waals surface area (Å²) >= 11 is 6.17. The fourth-order valence-corrected chi connectivity index (χ4v) is 6.14. The number of nitrogens with one attached hydrogen (secondary N) is 1. The summed E-state index contributed by atoms with van der Waals surface area (Å²) in [5, 5.41) is 21.5. The second-order valence-corrected chi connectivity index (χ2v) is 11.2. The Bertz CT molecular complexity index is 1480. The van der Waals surface area contributed by atoms with Crippen LogP contribution in [-0.4, -0.2) is 44.4 Å². The van der Waals surface area contributed by atoms with Gasteiger partial charge in [0.15, 0.2) is 5.69 Å². The van der Waals surface area contributed by atoms with E-state index in [4.69, 9.17) is 11.6 Å². The Hall–Kier alpha value is -3.77. The normalized spacial score (nSPS) is 24.7. The summed E-state index contributed by atoms with van der Waals surface area (Å²) in [4.78, 5) is 31.8. The van der Waals surface area contributed by atoms with Crippen LogP contribution >= 0.6 is 11.6 Å². The first-order valence-corrected chi connectivity index (χ1v) is 13.4. The molecule has 2 saturated carbocycles. The van der Waals surface area contributed by atoms with Gasteiger partial charge in [0.1, 0.15) is 5.82 Å². The molecule has 3 aromatic rings. The van der Waals surface area contributed by atoms with E-state index in [0.717, 1.165) is 48.9 Å². The highest BCUT2D eigenvalue weighted by Crippen LogP contribution is 2.47. The molecule has 2 amide bonds. The van der Waals surface area contributed by atoms with Crippen LogP contribution < -0.4 is 10.2 Å². The first-order valence-electron chi connectivity index (χ1n) is 13.0. The number of carbonyl (C=O) groups is 2. The van der Waals surface area contributed by atoms with Gasteiger partial charge in [0.2, 0.25) is 5.91 Å². The molecule has 1 aromatic carbocycles.